The lowest BCUT2D eigenvalue weighted by molar-refractivity contribution is 0.0486. The molecule has 0 spiro atoms. The average molecular weight is 307 g/mol. The molecule has 0 N–H and O–H groups in total. The molecule has 0 radical (unpaired) electrons. The molecular formula is C15H11ClO5. The number of ether oxygens (including phenoxy) is 1. The molecule has 0 unspecified atom stereocenters. The van der Waals surface area contributed by atoms with Crippen LogP contribution in [0.25, 0.3) is 0 Å². The summed E-state index contributed by atoms with van der Waals surface area (Å²) in [6.45, 7) is 1.79. The summed E-state index contributed by atoms with van der Waals surface area (Å²) in [6, 6.07) is 7.04. The van der Waals surface area contributed by atoms with Crippen LogP contribution >= 0.6 is 11.6 Å². The zero-order chi connectivity index (χ0) is 15.4. The van der Waals surface area contributed by atoms with E-state index >= 15 is 0 Å². The Morgan fingerprint density at radius 3 is 2.48 bits per heavy atom. The minimum absolute atomic E-state index is 0.161. The molecule has 2 rings (SSSR count). The van der Waals surface area contributed by atoms with Gasteiger partial charge in [-0.1, -0.05) is 11.6 Å². The van der Waals surface area contributed by atoms with Crippen molar-refractivity contribution in [3.05, 3.63) is 68.7 Å². The minimum atomic E-state index is -0.750. The maximum atomic E-state index is 12.2. The van der Waals surface area contributed by atoms with Gasteiger partial charge in [-0.3, -0.25) is 9.59 Å². The number of carbonyl (C=O) groups excluding carboxylic acids is 2. The smallest absolute Gasteiger partial charge is 0.374 e. The van der Waals surface area contributed by atoms with Gasteiger partial charge < -0.3 is 9.15 Å². The molecule has 0 saturated heterocycles. The predicted octanol–water partition coefficient (Wildman–Crippen LogP) is 2.70. The summed E-state index contributed by atoms with van der Waals surface area (Å²) in [6.07, 6.45) is 0.964. The van der Waals surface area contributed by atoms with Gasteiger partial charge >= 0.3 is 5.97 Å². The Balaban J connectivity index is 2.33. The molecule has 2 aromatic rings. The Kier molecular flexibility index (Phi) is 4.55. The first-order valence-corrected chi connectivity index (χ1v) is 6.51. The van der Waals surface area contributed by atoms with E-state index in [1.807, 2.05) is 0 Å². The first-order chi connectivity index (χ1) is 10.0. The second-order valence-corrected chi connectivity index (χ2v) is 4.52. The average Bonchev–Trinajstić information content (AvgIpc) is 2.47. The van der Waals surface area contributed by atoms with Gasteiger partial charge in [0.25, 0.3) is 0 Å². The van der Waals surface area contributed by atoms with Crippen molar-refractivity contribution >= 4 is 23.4 Å². The zero-order valence-corrected chi connectivity index (χ0v) is 11.8. The highest BCUT2D eigenvalue weighted by Crippen LogP contribution is 2.13. The fourth-order valence-electron chi connectivity index (χ4n) is 1.64. The number of esters is 1. The number of halogens is 1. The van der Waals surface area contributed by atoms with E-state index < -0.39 is 17.2 Å². The molecule has 0 atom stereocenters. The fraction of sp³-hybridized carbons (Fsp3) is 0.133. The highest BCUT2D eigenvalue weighted by Gasteiger charge is 2.17. The van der Waals surface area contributed by atoms with Gasteiger partial charge in [0.15, 0.2) is 11.2 Å². The largest absolute Gasteiger partial charge is 0.460 e. The summed E-state index contributed by atoms with van der Waals surface area (Å²) in [5.74, 6) is -1.49. The molecule has 0 bridgehead atoms. The Morgan fingerprint density at radius 2 is 1.90 bits per heavy atom. The highest BCUT2D eigenvalue weighted by molar-refractivity contribution is 6.30. The van der Waals surface area contributed by atoms with Crippen molar-refractivity contribution < 1.29 is 18.7 Å². The van der Waals surface area contributed by atoms with Gasteiger partial charge in [0, 0.05) is 16.7 Å². The first kappa shape index (κ1) is 15.0. The topological polar surface area (TPSA) is 73.6 Å². The van der Waals surface area contributed by atoms with Gasteiger partial charge in [-0.25, -0.2) is 4.79 Å². The van der Waals surface area contributed by atoms with Crippen LogP contribution in [0.2, 0.25) is 5.02 Å². The Hall–Kier alpha value is -2.40. The van der Waals surface area contributed by atoms with Gasteiger partial charge in [0.05, 0.1) is 6.61 Å². The molecule has 1 aromatic heterocycles. The normalized spacial score (nSPS) is 10.2. The Labute approximate surface area is 125 Å². The zero-order valence-electron chi connectivity index (χ0n) is 11.1. The van der Waals surface area contributed by atoms with Gasteiger partial charge in [-0.05, 0) is 31.2 Å². The molecule has 5 nitrogen and oxygen atoms in total. The summed E-state index contributed by atoms with van der Waals surface area (Å²) in [5, 5.41) is 0.483. The summed E-state index contributed by atoms with van der Waals surface area (Å²) in [7, 11) is 0. The molecule has 108 valence electrons. The van der Waals surface area contributed by atoms with Crippen LogP contribution in [-0.2, 0) is 4.74 Å². The molecule has 0 amide bonds. The maximum absolute atomic E-state index is 12.2. The standard InChI is InChI=1S/C15H11ClO5/c1-2-20-15(19)13-7-12(17)11(8-21-13)14(18)9-3-5-10(16)6-4-9/h3-8H,2H2,1H3. The number of hydrogen-bond acceptors (Lipinski definition) is 5. The highest BCUT2D eigenvalue weighted by atomic mass is 35.5. The van der Waals surface area contributed by atoms with Crippen molar-refractivity contribution in [3.8, 4) is 0 Å². The van der Waals surface area contributed by atoms with E-state index in [0.29, 0.717) is 10.6 Å². The number of rotatable bonds is 4. The van der Waals surface area contributed by atoms with Crippen LogP contribution < -0.4 is 5.43 Å². The number of carbonyl (C=O) groups is 2. The van der Waals surface area contributed by atoms with Gasteiger partial charge in [-0.15, -0.1) is 0 Å². The summed E-state index contributed by atoms with van der Waals surface area (Å²) in [5.41, 5.74) is -0.467. The molecule has 0 aliphatic rings. The monoisotopic (exact) mass is 306 g/mol. The van der Waals surface area contributed by atoms with E-state index in [-0.39, 0.29) is 17.9 Å². The van der Waals surface area contributed by atoms with Crippen LogP contribution in [0.15, 0.2) is 45.8 Å². The second kappa shape index (κ2) is 6.37. The number of hydrogen-bond donors (Lipinski definition) is 0. The van der Waals surface area contributed by atoms with E-state index in [4.69, 9.17) is 20.8 Å². The van der Waals surface area contributed by atoms with Crippen molar-refractivity contribution in [2.24, 2.45) is 0 Å². The first-order valence-electron chi connectivity index (χ1n) is 6.13. The minimum Gasteiger partial charge on any atom is -0.460 e. The van der Waals surface area contributed by atoms with Gasteiger partial charge in [0.2, 0.25) is 5.76 Å². The lowest BCUT2D eigenvalue weighted by Crippen LogP contribution is -2.17. The molecule has 1 aromatic carbocycles. The van der Waals surface area contributed by atoms with Crippen LogP contribution in [0.4, 0.5) is 0 Å². The Morgan fingerprint density at radius 1 is 1.24 bits per heavy atom. The molecule has 1 heterocycles. The Bertz CT molecular complexity index is 730. The van der Waals surface area contributed by atoms with Crippen LogP contribution in [0.3, 0.4) is 0 Å². The van der Waals surface area contributed by atoms with E-state index in [2.05, 4.69) is 0 Å². The van der Waals surface area contributed by atoms with E-state index in [0.717, 1.165) is 12.3 Å². The van der Waals surface area contributed by atoms with Gasteiger partial charge in [0.1, 0.15) is 11.8 Å². The third-order valence-electron chi connectivity index (χ3n) is 2.66. The number of ketones is 1. The van der Waals surface area contributed by atoms with E-state index in [1.165, 1.54) is 12.1 Å². The molecule has 21 heavy (non-hydrogen) atoms. The maximum Gasteiger partial charge on any atom is 0.374 e. The van der Waals surface area contributed by atoms with Crippen LogP contribution in [-0.4, -0.2) is 18.4 Å². The van der Waals surface area contributed by atoms with Crippen LogP contribution in [0.1, 0.15) is 33.4 Å². The van der Waals surface area contributed by atoms with Crippen molar-refractivity contribution in [1.29, 1.82) is 0 Å². The lowest BCUT2D eigenvalue weighted by Gasteiger charge is -2.03. The van der Waals surface area contributed by atoms with Crippen molar-refractivity contribution in [1.82, 2.24) is 0 Å². The van der Waals surface area contributed by atoms with Crippen molar-refractivity contribution in [2.75, 3.05) is 6.61 Å². The summed E-state index contributed by atoms with van der Waals surface area (Å²) < 4.78 is 9.71. The fourth-order valence-corrected chi connectivity index (χ4v) is 1.77. The SMILES string of the molecule is CCOC(=O)c1cc(=O)c(C(=O)c2ccc(Cl)cc2)co1. The van der Waals surface area contributed by atoms with Crippen LogP contribution in [0, 0.1) is 0 Å². The summed E-state index contributed by atoms with van der Waals surface area (Å²) >= 11 is 5.74. The van der Waals surface area contributed by atoms with E-state index in [9.17, 15) is 14.4 Å². The third kappa shape index (κ3) is 3.38. The van der Waals surface area contributed by atoms with Crippen LogP contribution in [0.5, 0.6) is 0 Å². The molecule has 0 aliphatic heterocycles. The summed E-state index contributed by atoms with van der Waals surface area (Å²) in [4.78, 5) is 35.5. The number of benzene rings is 1. The molecule has 0 fully saturated rings. The van der Waals surface area contributed by atoms with Gasteiger partial charge in [-0.2, -0.15) is 0 Å². The third-order valence-corrected chi connectivity index (χ3v) is 2.91. The van der Waals surface area contributed by atoms with Crippen molar-refractivity contribution in [2.45, 2.75) is 6.92 Å². The molecule has 0 aliphatic carbocycles. The predicted molar refractivity (Wildman–Crippen MR) is 75.8 cm³/mol. The lowest BCUT2D eigenvalue weighted by atomic mass is 10.1. The quantitative estimate of drug-likeness (QED) is 0.641. The van der Waals surface area contributed by atoms with Crippen molar-refractivity contribution in [3.63, 3.8) is 0 Å². The molecule has 6 heteroatoms. The molecule has 0 saturated carbocycles. The second-order valence-electron chi connectivity index (χ2n) is 4.08. The van der Waals surface area contributed by atoms with E-state index in [1.54, 1.807) is 19.1 Å². The molecular weight excluding hydrogens is 296 g/mol.